The largest absolute Gasteiger partial charge is 0.330 e. The van der Waals surface area contributed by atoms with E-state index < -0.39 is 23.3 Å². The highest BCUT2D eigenvalue weighted by Crippen LogP contribution is 2.44. The first-order chi connectivity index (χ1) is 10.7. The zero-order valence-electron chi connectivity index (χ0n) is 13.5. The molecule has 0 saturated carbocycles. The molecule has 1 aliphatic rings. The Labute approximate surface area is 141 Å². The van der Waals surface area contributed by atoms with Gasteiger partial charge in [-0.15, -0.1) is 0 Å². The van der Waals surface area contributed by atoms with E-state index in [2.05, 4.69) is 6.07 Å². The minimum atomic E-state index is -0.742. The number of nitriles is 1. The summed E-state index contributed by atoms with van der Waals surface area (Å²) in [6.07, 6.45) is 1.20. The molecule has 2 rings (SSSR count). The maximum absolute atomic E-state index is 14.3. The number of hydrogen-bond acceptors (Lipinski definition) is 3. The molecule has 0 radical (unpaired) electrons. The van der Waals surface area contributed by atoms with E-state index >= 15 is 0 Å². The molecule has 0 spiro atoms. The van der Waals surface area contributed by atoms with Gasteiger partial charge in [0.25, 0.3) is 0 Å². The van der Waals surface area contributed by atoms with Crippen LogP contribution in [0.4, 0.5) is 4.39 Å². The molecule has 1 aliphatic heterocycles. The normalized spacial score (nSPS) is 22.7. The fourth-order valence-corrected chi connectivity index (χ4v) is 3.39. The van der Waals surface area contributed by atoms with Crippen molar-refractivity contribution in [3.05, 3.63) is 34.6 Å². The summed E-state index contributed by atoms with van der Waals surface area (Å²) in [6, 6.07) is 5.10. The van der Waals surface area contributed by atoms with E-state index in [-0.39, 0.29) is 11.9 Å². The van der Waals surface area contributed by atoms with Crippen LogP contribution in [0.1, 0.15) is 45.2 Å². The molecule has 0 aliphatic carbocycles. The highest BCUT2D eigenvalue weighted by atomic mass is 35.5. The van der Waals surface area contributed by atoms with Gasteiger partial charge < -0.3 is 10.6 Å². The molecule has 124 valence electrons. The molecular weight excluding hydrogens is 317 g/mol. The summed E-state index contributed by atoms with van der Waals surface area (Å²) in [4.78, 5) is 14.2. The molecule has 1 saturated heterocycles. The number of nitrogens with two attached hydrogens (primary N) is 1. The summed E-state index contributed by atoms with van der Waals surface area (Å²) >= 11 is 5.99. The lowest BCUT2D eigenvalue weighted by Crippen LogP contribution is -2.50. The first-order valence-corrected chi connectivity index (χ1v) is 8.00. The second-order valence-corrected chi connectivity index (χ2v) is 7.08. The summed E-state index contributed by atoms with van der Waals surface area (Å²) in [5.74, 6) is -0.683. The molecule has 1 fully saturated rings. The number of benzene rings is 1. The molecule has 6 heteroatoms. The molecule has 4 nitrogen and oxygen atoms in total. The molecule has 1 aromatic rings. The Morgan fingerprint density at radius 2 is 2.17 bits per heavy atom. The van der Waals surface area contributed by atoms with E-state index in [9.17, 15) is 14.4 Å². The first kappa shape index (κ1) is 17.7. The van der Waals surface area contributed by atoms with Crippen molar-refractivity contribution in [1.29, 1.82) is 5.26 Å². The average Bonchev–Trinajstić information content (AvgIpc) is 2.94. The van der Waals surface area contributed by atoms with Gasteiger partial charge >= 0.3 is 0 Å². The van der Waals surface area contributed by atoms with Crippen molar-refractivity contribution in [2.45, 2.75) is 51.7 Å². The van der Waals surface area contributed by atoms with Gasteiger partial charge in [0.15, 0.2) is 0 Å². The second kappa shape index (κ2) is 6.46. The SMILES string of the molecule is C[C@@H](N)C(=O)N1[C@H](c2cc(Cl)ccc2F)CC[C@@H]1C(C)(C)C#N. The molecule has 2 N–H and O–H groups in total. The lowest BCUT2D eigenvalue weighted by atomic mass is 9.84. The van der Waals surface area contributed by atoms with Gasteiger partial charge in [-0.05, 0) is 51.8 Å². The van der Waals surface area contributed by atoms with Crippen LogP contribution in [0.3, 0.4) is 0 Å². The summed E-state index contributed by atoms with van der Waals surface area (Å²) < 4.78 is 14.3. The highest BCUT2D eigenvalue weighted by Gasteiger charge is 2.46. The number of halogens is 2. The van der Waals surface area contributed by atoms with Crippen molar-refractivity contribution in [2.75, 3.05) is 0 Å². The Balaban J connectivity index is 2.49. The molecule has 0 unspecified atom stereocenters. The number of likely N-dealkylation sites (tertiary alicyclic amines) is 1. The van der Waals surface area contributed by atoms with Crippen LogP contribution in [0.15, 0.2) is 18.2 Å². The Morgan fingerprint density at radius 3 is 2.74 bits per heavy atom. The first-order valence-electron chi connectivity index (χ1n) is 7.63. The zero-order valence-corrected chi connectivity index (χ0v) is 14.3. The molecule has 0 bridgehead atoms. The fourth-order valence-electron chi connectivity index (χ4n) is 3.21. The molecule has 23 heavy (non-hydrogen) atoms. The van der Waals surface area contributed by atoms with Gasteiger partial charge in [-0.25, -0.2) is 4.39 Å². The van der Waals surface area contributed by atoms with Crippen LogP contribution in [0.5, 0.6) is 0 Å². The maximum Gasteiger partial charge on any atom is 0.240 e. The van der Waals surface area contributed by atoms with Crippen LogP contribution < -0.4 is 5.73 Å². The minimum Gasteiger partial charge on any atom is -0.330 e. The quantitative estimate of drug-likeness (QED) is 0.918. The van der Waals surface area contributed by atoms with Gasteiger partial charge in [0, 0.05) is 10.6 Å². The maximum atomic E-state index is 14.3. The summed E-state index contributed by atoms with van der Waals surface area (Å²) in [5, 5.41) is 9.85. The predicted molar refractivity (Wildman–Crippen MR) is 87.1 cm³/mol. The van der Waals surface area contributed by atoms with E-state index in [1.54, 1.807) is 31.7 Å². The number of carbonyl (C=O) groups excluding carboxylic acids is 1. The van der Waals surface area contributed by atoms with Crippen molar-refractivity contribution >= 4 is 17.5 Å². The number of rotatable bonds is 3. The molecule has 1 heterocycles. The van der Waals surface area contributed by atoms with Crippen LogP contribution in [0.2, 0.25) is 5.02 Å². The second-order valence-electron chi connectivity index (χ2n) is 6.64. The number of carbonyl (C=O) groups is 1. The topological polar surface area (TPSA) is 70.1 Å². The third-order valence-corrected chi connectivity index (χ3v) is 4.70. The van der Waals surface area contributed by atoms with Crippen molar-refractivity contribution in [3.8, 4) is 6.07 Å². The zero-order chi connectivity index (χ0) is 17.4. The standard InChI is InChI=1S/C17H21ClFN3O/c1-10(21)16(23)22-14(6-7-15(22)17(2,3)9-20)12-8-11(18)4-5-13(12)19/h4-5,8,10,14-15H,6-7,21H2,1-3H3/t10-,14+,15-/m1/s1. The molecular formula is C17H21ClFN3O. The Bertz CT molecular complexity index is 654. The van der Waals surface area contributed by atoms with Crippen molar-refractivity contribution in [2.24, 2.45) is 11.1 Å². The van der Waals surface area contributed by atoms with Crippen LogP contribution in [-0.2, 0) is 4.79 Å². The average molecular weight is 338 g/mol. The Kier molecular flexibility index (Phi) is 4.98. The number of hydrogen-bond donors (Lipinski definition) is 1. The third-order valence-electron chi connectivity index (χ3n) is 4.47. The van der Waals surface area contributed by atoms with Gasteiger partial charge in [-0.2, -0.15) is 5.26 Å². The van der Waals surface area contributed by atoms with Crippen molar-refractivity contribution in [3.63, 3.8) is 0 Å². The summed E-state index contributed by atoms with van der Waals surface area (Å²) in [5.41, 5.74) is 5.41. The van der Waals surface area contributed by atoms with Crippen molar-refractivity contribution < 1.29 is 9.18 Å². The van der Waals surface area contributed by atoms with Gasteiger partial charge in [-0.1, -0.05) is 11.6 Å². The minimum absolute atomic E-state index is 0.278. The van der Waals surface area contributed by atoms with Gasteiger partial charge in [0.1, 0.15) is 5.82 Å². The summed E-state index contributed by atoms with van der Waals surface area (Å²) in [6.45, 7) is 5.17. The van der Waals surface area contributed by atoms with Crippen LogP contribution in [0, 0.1) is 22.6 Å². The molecule has 3 atom stereocenters. The van der Waals surface area contributed by atoms with Gasteiger partial charge in [0.2, 0.25) is 5.91 Å². The van der Waals surface area contributed by atoms with E-state index in [0.29, 0.717) is 23.4 Å². The van der Waals surface area contributed by atoms with E-state index in [0.717, 1.165) is 0 Å². The van der Waals surface area contributed by atoms with Crippen LogP contribution in [0.25, 0.3) is 0 Å². The lowest BCUT2D eigenvalue weighted by molar-refractivity contribution is -0.137. The Hall–Kier alpha value is -1.64. The molecule has 1 amide bonds. The lowest BCUT2D eigenvalue weighted by Gasteiger charge is -2.37. The summed E-state index contributed by atoms with van der Waals surface area (Å²) in [7, 11) is 0. The third kappa shape index (κ3) is 3.34. The highest BCUT2D eigenvalue weighted by molar-refractivity contribution is 6.30. The Morgan fingerprint density at radius 1 is 1.52 bits per heavy atom. The smallest absolute Gasteiger partial charge is 0.240 e. The van der Waals surface area contributed by atoms with Crippen molar-refractivity contribution in [1.82, 2.24) is 4.90 Å². The van der Waals surface area contributed by atoms with E-state index in [1.807, 2.05) is 0 Å². The van der Waals surface area contributed by atoms with Gasteiger partial charge in [0.05, 0.1) is 29.6 Å². The monoisotopic (exact) mass is 337 g/mol. The van der Waals surface area contributed by atoms with Gasteiger partial charge in [-0.3, -0.25) is 4.79 Å². The van der Waals surface area contributed by atoms with E-state index in [4.69, 9.17) is 17.3 Å². The number of nitrogens with zero attached hydrogens (tertiary/aromatic N) is 2. The van der Waals surface area contributed by atoms with Crippen LogP contribution in [-0.4, -0.2) is 22.9 Å². The molecule has 0 aromatic heterocycles. The predicted octanol–water partition coefficient (Wildman–Crippen LogP) is 3.41. The van der Waals surface area contributed by atoms with Crippen LogP contribution >= 0.6 is 11.6 Å². The van der Waals surface area contributed by atoms with E-state index in [1.165, 1.54) is 12.1 Å². The molecule has 1 aromatic carbocycles. The number of amides is 1. The fraction of sp³-hybridized carbons (Fsp3) is 0.529.